The van der Waals surface area contributed by atoms with E-state index in [1.54, 1.807) is 18.2 Å². The highest BCUT2D eigenvalue weighted by Crippen LogP contribution is 2.25. The molecule has 1 aliphatic heterocycles. The van der Waals surface area contributed by atoms with Crippen molar-refractivity contribution in [2.45, 2.75) is 25.8 Å². The largest absolute Gasteiger partial charge is 0.324 e. The summed E-state index contributed by atoms with van der Waals surface area (Å²) in [5, 5.41) is 7.26. The Morgan fingerprint density at radius 2 is 2.29 bits per heavy atom. The number of piperidine rings is 1. The lowest BCUT2D eigenvalue weighted by Gasteiger charge is -2.33. The van der Waals surface area contributed by atoms with E-state index in [2.05, 4.69) is 22.5 Å². The van der Waals surface area contributed by atoms with Gasteiger partial charge in [0.25, 0.3) is 0 Å². The van der Waals surface area contributed by atoms with Gasteiger partial charge in [-0.25, -0.2) is 0 Å². The van der Waals surface area contributed by atoms with Gasteiger partial charge in [-0.3, -0.25) is 9.69 Å². The fraction of sp³-hybridized carbons (Fsp3) is 0.533. The number of carbonyl (C=O) groups excluding carboxylic acids is 1. The third-order valence-electron chi connectivity index (χ3n) is 3.74. The minimum atomic E-state index is -0.0633. The van der Waals surface area contributed by atoms with Gasteiger partial charge >= 0.3 is 0 Å². The predicted octanol–water partition coefficient (Wildman–Crippen LogP) is 3.01. The van der Waals surface area contributed by atoms with Crippen molar-refractivity contribution in [1.82, 2.24) is 10.2 Å². The molecule has 1 atom stereocenters. The maximum atomic E-state index is 12.2. The molecule has 116 valence electrons. The van der Waals surface area contributed by atoms with Crippen molar-refractivity contribution < 1.29 is 4.79 Å². The third kappa shape index (κ3) is 4.85. The molecule has 1 amide bonds. The molecule has 0 saturated carbocycles. The second kappa shape index (κ2) is 7.99. The monoisotopic (exact) mass is 329 g/mol. The van der Waals surface area contributed by atoms with E-state index >= 15 is 0 Å². The van der Waals surface area contributed by atoms with Gasteiger partial charge < -0.3 is 10.6 Å². The molecule has 1 aliphatic rings. The number of nitrogens with zero attached hydrogens (tertiary/aromatic N) is 1. The van der Waals surface area contributed by atoms with Crippen LogP contribution in [0.15, 0.2) is 18.2 Å². The van der Waals surface area contributed by atoms with Crippen molar-refractivity contribution >= 4 is 34.8 Å². The number of rotatable bonds is 5. The minimum absolute atomic E-state index is 0.0633. The molecule has 0 spiro atoms. The van der Waals surface area contributed by atoms with Crippen LogP contribution in [-0.2, 0) is 4.79 Å². The Balaban J connectivity index is 1.94. The van der Waals surface area contributed by atoms with Gasteiger partial charge in [0.2, 0.25) is 5.91 Å². The standard InChI is InChI=1S/C15H21Cl2N3O/c1-2-20(12-4-3-7-18-9-12)10-15(21)19-14-8-11(16)5-6-13(14)17/h5-6,8,12,18H,2-4,7,9-10H2,1H3,(H,19,21). The molecule has 1 aromatic rings. The van der Waals surface area contributed by atoms with Crippen LogP contribution < -0.4 is 10.6 Å². The molecule has 1 unspecified atom stereocenters. The number of likely N-dealkylation sites (N-methyl/N-ethyl adjacent to an activating group) is 1. The number of benzene rings is 1. The summed E-state index contributed by atoms with van der Waals surface area (Å²) in [6.07, 6.45) is 2.29. The summed E-state index contributed by atoms with van der Waals surface area (Å²) >= 11 is 12.0. The van der Waals surface area contributed by atoms with Crippen LogP contribution in [0.4, 0.5) is 5.69 Å². The van der Waals surface area contributed by atoms with E-state index in [1.807, 2.05) is 0 Å². The van der Waals surface area contributed by atoms with Crippen LogP contribution in [0.1, 0.15) is 19.8 Å². The zero-order valence-electron chi connectivity index (χ0n) is 12.2. The maximum Gasteiger partial charge on any atom is 0.238 e. The normalized spacial score (nSPS) is 18.8. The van der Waals surface area contributed by atoms with Crippen LogP contribution in [0, 0.1) is 0 Å². The Morgan fingerprint density at radius 3 is 2.95 bits per heavy atom. The molecule has 4 nitrogen and oxygen atoms in total. The maximum absolute atomic E-state index is 12.2. The molecular weight excluding hydrogens is 309 g/mol. The minimum Gasteiger partial charge on any atom is -0.324 e. The van der Waals surface area contributed by atoms with E-state index in [0.717, 1.165) is 32.5 Å². The molecule has 0 bridgehead atoms. The van der Waals surface area contributed by atoms with Crippen molar-refractivity contribution in [3.63, 3.8) is 0 Å². The molecule has 1 fully saturated rings. The molecule has 1 heterocycles. The Bertz CT molecular complexity index is 490. The van der Waals surface area contributed by atoms with E-state index < -0.39 is 0 Å². The first-order valence-electron chi connectivity index (χ1n) is 7.30. The first kappa shape index (κ1) is 16.6. The fourth-order valence-electron chi connectivity index (χ4n) is 2.61. The molecule has 6 heteroatoms. The lowest BCUT2D eigenvalue weighted by atomic mass is 10.1. The Hall–Kier alpha value is -0.810. The second-order valence-corrected chi connectivity index (χ2v) is 6.08. The van der Waals surface area contributed by atoms with Crippen molar-refractivity contribution in [3.8, 4) is 0 Å². The zero-order chi connectivity index (χ0) is 15.2. The number of amides is 1. The first-order valence-corrected chi connectivity index (χ1v) is 8.05. The lowest BCUT2D eigenvalue weighted by Crippen LogP contribution is -2.48. The number of carbonyl (C=O) groups is 1. The number of hydrogen-bond acceptors (Lipinski definition) is 3. The van der Waals surface area contributed by atoms with E-state index in [4.69, 9.17) is 23.2 Å². The van der Waals surface area contributed by atoms with E-state index in [0.29, 0.717) is 28.3 Å². The molecule has 0 radical (unpaired) electrons. The van der Waals surface area contributed by atoms with Crippen LogP contribution in [0.25, 0.3) is 0 Å². The van der Waals surface area contributed by atoms with Gasteiger partial charge in [-0.2, -0.15) is 0 Å². The van der Waals surface area contributed by atoms with Crippen molar-refractivity contribution in [2.75, 3.05) is 31.5 Å². The summed E-state index contributed by atoms with van der Waals surface area (Å²) in [4.78, 5) is 14.4. The highest BCUT2D eigenvalue weighted by atomic mass is 35.5. The van der Waals surface area contributed by atoms with Gasteiger partial charge in [-0.15, -0.1) is 0 Å². The molecule has 0 aromatic heterocycles. The van der Waals surface area contributed by atoms with Crippen LogP contribution in [0.2, 0.25) is 10.0 Å². The quantitative estimate of drug-likeness (QED) is 0.872. The Labute approximate surface area is 135 Å². The van der Waals surface area contributed by atoms with Gasteiger partial charge in [0.15, 0.2) is 0 Å². The van der Waals surface area contributed by atoms with Crippen LogP contribution in [0.5, 0.6) is 0 Å². The summed E-state index contributed by atoms with van der Waals surface area (Å²) in [7, 11) is 0. The Kier molecular flexibility index (Phi) is 6.30. The van der Waals surface area contributed by atoms with Crippen molar-refractivity contribution in [2.24, 2.45) is 0 Å². The molecule has 2 N–H and O–H groups in total. The van der Waals surface area contributed by atoms with E-state index in [1.165, 1.54) is 0 Å². The predicted molar refractivity (Wildman–Crippen MR) is 88.2 cm³/mol. The lowest BCUT2D eigenvalue weighted by molar-refractivity contribution is -0.117. The summed E-state index contributed by atoms with van der Waals surface area (Å²) < 4.78 is 0. The van der Waals surface area contributed by atoms with Crippen molar-refractivity contribution in [1.29, 1.82) is 0 Å². The summed E-state index contributed by atoms with van der Waals surface area (Å²) in [6.45, 7) is 5.31. The molecular formula is C15H21Cl2N3O. The molecule has 0 aliphatic carbocycles. The highest BCUT2D eigenvalue weighted by molar-refractivity contribution is 6.35. The van der Waals surface area contributed by atoms with Crippen LogP contribution in [-0.4, -0.2) is 43.0 Å². The smallest absolute Gasteiger partial charge is 0.238 e. The van der Waals surface area contributed by atoms with Gasteiger partial charge in [0.1, 0.15) is 0 Å². The molecule has 1 aromatic carbocycles. The topological polar surface area (TPSA) is 44.4 Å². The molecule has 2 rings (SSSR count). The van der Waals surface area contributed by atoms with Gasteiger partial charge in [-0.05, 0) is 44.1 Å². The SMILES string of the molecule is CCN(CC(=O)Nc1cc(Cl)ccc1Cl)C1CCCNC1. The Morgan fingerprint density at radius 1 is 1.48 bits per heavy atom. The average molecular weight is 330 g/mol. The zero-order valence-corrected chi connectivity index (χ0v) is 13.7. The average Bonchev–Trinajstić information content (AvgIpc) is 2.49. The van der Waals surface area contributed by atoms with E-state index in [9.17, 15) is 4.79 Å². The first-order chi connectivity index (χ1) is 10.1. The van der Waals surface area contributed by atoms with E-state index in [-0.39, 0.29) is 5.91 Å². The summed E-state index contributed by atoms with van der Waals surface area (Å²) in [6, 6.07) is 5.47. The van der Waals surface area contributed by atoms with Crippen molar-refractivity contribution in [3.05, 3.63) is 28.2 Å². The summed E-state index contributed by atoms with van der Waals surface area (Å²) in [5.41, 5.74) is 0.562. The molecule has 1 saturated heterocycles. The number of anilines is 1. The van der Waals surface area contributed by atoms with Gasteiger partial charge in [-0.1, -0.05) is 30.1 Å². The number of hydrogen-bond donors (Lipinski definition) is 2. The highest BCUT2D eigenvalue weighted by Gasteiger charge is 2.21. The van der Waals surface area contributed by atoms with Crippen LogP contribution >= 0.6 is 23.2 Å². The fourth-order valence-corrected chi connectivity index (χ4v) is 2.95. The molecule has 21 heavy (non-hydrogen) atoms. The summed E-state index contributed by atoms with van der Waals surface area (Å²) in [5.74, 6) is -0.0633. The van der Waals surface area contributed by atoms with Crippen LogP contribution in [0.3, 0.4) is 0 Å². The number of halogens is 2. The third-order valence-corrected chi connectivity index (χ3v) is 4.31. The second-order valence-electron chi connectivity index (χ2n) is 5.24. The van der Waals surface area contributed by atoms with Gasteiger partial charge in [0, 0.05) is 17.6 Å². The number of nitrogens with one attached hydrogen (secondary N) is 2. The van der Waals surface area contributed by atoms with Gasteiger partial charge in [0.05, 0.1) is 17.3 Å².